The number of ether oxygens (including phenoxy) is 2. The highest BCUT2D eigenvalue weighted by Gasteiger charge is 2.26. The average Bonchev–Trinajstić information content (AvgIpc) is 3.00. The van der Waals surface area contributed by atoms with E-state index in [1.165, 1.54) is 26.4 Å². The quantitative estimate of drug-likeness (QED) is 0.770. The van der Waals surface area contributed by atoms with Gasteiger partial charge in [0.05, 0.1) is 24.0 Å². The number of benzene rings is 2. The Morgan fingerprint density at radius 2 is 1.74 bits per heavy atom. The van der Waals surface area contributed by atoms with E-state index in [0.717, 1.165) is 11.8 Å². The maximum Gasteiger partial charge on any atom is 0.284 e. The fourth-order valence-electron chi connectivity index (χ4n) is 2.32. The molecule has 0 aromatic heterocycles. The summed E-state index contributed by atoms with van der Waals surface area (Å²) in [7, 11) is -0.842. The standard InChI is InChI=1S/C18H16N2O5S2/c1-24-14-9-8-12(10-15(14)25-2)11-16-17(21)19-18(26-16)20-27(22,23)13-6-4-3-5-7-13/h3-11H,1-2H3,(H,19,20,21)/b16-11+. The van der Waals surface area contributed by atoms with Crippen molar-refractivity contribution in [1.29, 1.82) is 0 Å². The summed E-state index contributed by atoms with van der Waals surface area (Å²) in [5.41, 5.74) is 0.706. The molecule has 1 aliphatic heterocycles. The van der Waals surface area contributed by atoms with Crippen molar-refractivity contribution >= 4 is 38.9 Å². The van der Waals surface area contributed by atoms with E-state index in [4.69, 9.17) is 9.47 Å². The number of amidine groups is 1. The molecule has 2 aromatic carbocycles. The number of carbonyl (C=O) groups excluding carboxylic acids is 1. The van der Waals surface area contributed by atoms with Gasteiger partial charge in [0.2, 0.25) is 0 Å². The second-order valence-corrected chi connectivity index (χ2v) is 8.00. The molecule has 0 spiro atoms. The summed E-state index contributed by atoms with van der Waals surface area (Å²) in [6.07, 6.45) is 1.62. The molecule has 1 amide bonds. The Morgan fingerprint density at radius 1 is 1.04 bits per heavy atom. The molecule has 0 atom stereocenters. The summed E-state index contributed by atoms with van der Waals surface area (Å²) in [4.78, 5) is 12.5. The molecule has 0 aliphatic carbocycles. The molecule has 140 valence electrons. The van der Waals surface area contributed by atoms with Gasteiger partial charge in [-0.2, -0.15) is 8.42 Å². The molecule has 27 heavy (non-hydrogen) atoms. The lowest BCUT2D eigenvalue weighted by Crippen LogP contribution is -2.20. The van der Waals surface area contributed by atoms with Gasteiger partial charge in [0.15, 0.2) is 16.7 Å². The van der Waals surface area contributed by atoms with Crippen LogP contribution in [0.1, 0.15) is 5.56 Å². The summed E-state index contributed by atoms with van der Waals surface area (Å²) < 4.78 is 38.8. The highest BCUT2D eigenvalue weighted by atomic mass is 32.2. The molecule has 1 heterocycles. The molecule has 1 aliphatic rings. The number of rotatable bonds is 5. The van der Waals surface area contributed by atoms with Crippen LogP contribution < -0.4 is 14.8 Å². The van der Waals surface area contributed by atoms with Gasteiger partial charge >= 0.3 is 0 Å². The van der Waals surface area contributed by atoms with Crippen molar-refractivity contribution in [2.24, 2.45) is 4.40 Å². The average molecular weight is 404 g/mol. The predicted octanol–water partition coefficient (Wildman–Crippen LogP) is 2.65. The van der Waals surface area contributed by atoms with Gasteiger partial charge in [0.1, 0.15) is 0 Å². The lowest BCUT2D eigenvalue weighted by atomic mass is 10.2. The van der Waals surface area contributed by atoms with E-state index in [9.17, 15) is 13.2 Å². The molecule has 1 fully saturated rings. The van der Waals surface area contributed by atoms with Gasteiger partial charge in [0.25, 0.3) is 15.9 Å². The normalized spacial score (nSPS) is 17.2. The molecular formula is C18H16N2O5S2. The Morgan fingerprint density at radius 3 is 2.41 bits per heavy atom. The van der Waals surface area contributed by atoms with Gasteiger partial charge in [-0.25, -0.2) is 0 Å². The number of hydrogen-bond donors (Lipinski definition) is 1. The molecule has 0 saturated carbocycles. The fraction of sp³-hybridized carbons (Fsp3) is 0.111. The number of carbonyl (C=O) groups is 1. The third kappa shape index (κ3) is 4.32. The molecule has 0 radical (unpaired) electrons. The number of nitrogens with zero attached hydrogens (tertiary/aromatic N) is 1. The van der Waals surface area contributed by atoms with E-state index in [0.29, 0.717) is 22.0 Å². The van der Waals surface area contributed by atoms with Crippen LogP contribution in [0.15, 0.2) is 62.7 Å². The molecule has 9 heteroatoms. The van der Waals surface area contributed by atoms with Crippen LogP contribution in [0.25, 0.3) is 6.08 Å². The number of nitrogens with one attached hydrogen (secondary N) is 1. The minimum atomic E-state index is -3.89. The highest BCUT2D eigenvalue weighted by Crippen LogP contribution is 2.31. The summed E-state index contributed by atoms with van der Waals surface area (Å²) >= 11 is 0.958. The second kappa shape index (κ2) is 7.85. The van der Waals surface area contributed by atoms with Crippen molar-refractivity contribution in [1.82, 2.24) is 5.32 Å². The minimum absolute atomic E-state index is 0.00980. The first-order valence-corrected chi connectivity index (χ1v) is 10.0. The topological polar surface area (TPSA) is 94.1 Å². The Labute approximate surface area is 161 Å². The van der Waals surface area contributed by atoms with E-state index < -0.39 is 15.9 Å². The molecular weight excluding hydrogens is 388 g/mol. The number of thioether (sulfide) groups is 1. The predicted molar refractivity (Wildman–Crippen MR) is 104 cm³/mol. The van der Waals surface area contributed by atoms with Crippen molar-refractivity contribution < 1.29 is 22.7 Å². The van der Waals surface area contributed by atoms with Crippen molar-refractivity contribution in [3.8, 4) is 11.5 Å². The van der Waals surface area contributed by atoms with Crippen LogP contribution in [0.3, 0.4) is 0 Å². The molecule has 7 nitrogen and oxygen atoms in total. The molecule has 1 N–H and O–H groups in total. The first-order chi connectivity index (χ1) is 12.9. The summed E-state index contributed by atoms with van der Waals surface area (Å²) in [6, 6.07) is 13.0. The van der Waals surface area contributed by atoms with Crippen LogP contribution in [0.5, 0.6) is 11.5 Å². The van der Waals surface area contributed by atoms with Crippen LogP contribution in [0, 0.1) is 0 Å². The number of hydrogen-bond acceptors (Lipinski definition) is 6. The van der Waals surface area contributed by atoms with Gasteiger partial charge in [0, 0.05) is 0 Å². The van der Waals surface area contributed by atoms with Crippen molar-refractivity contribution in [2.45, 2.75) is 4.90 Å². The largest absolute Gasteiger partial charge is 0.493 e. The first-order valence-electron chi connectivity index (χ1n) is 7.76. The van der Waals surface area contributed by atoms with Crippen molar-refractivity contribution in [3.63, 3.8) is 0 Å². The van der Waals surface area contributed by atoms with Gasteiger partial charge in [-0.3, -0.25) is 10.1 Å². The monoisotopic (exact) mass is 404 g/mol. The van der Waals surface area contributed by atoms with E-state index in [-0.39, 0.29) is 10.1 Å². The zero-order valence-electron chi connectivity index (χ0n) is 14.5. The van der Waals surface area contributed by atoms with Crippen LogP contribution in [0.4, 0.5) is 0 Å². The van der Waals surface area contributed by atoms with Gasteiger partial charge in [-0.15, -0.1) is 4.40 Å². The zero-order chi connectivity index (χ0) is 19.4. The Bertz CT molecular complexity index is 1030. The zero-order valence-corrected chi connectivity index (χ0v) is 16.1. The van der Waals surface area contributed by atoms with Gasteiger partial charge in [-0.05, 0) is 47.7 Å². The molecule has 1 saturated heterocycles. The maximum atomic E-state index is 12.3. The van der Waals surface area contributed by atoms with E-state index in [2.05, 4.69) is 9.71 Å². The number of amides is 1. The lowest BCUT2D eigenvalue weighted by molar-refractivity contribution is -0.115. The summed E-state index contributed by atoms with van der Waals surface area (Å²) in [5.74, 6) is 0.673. The lowest BCUT2D eigenvalue weighted by Gasteiger charge is -2.07. The third-order valence-electron chi connectivity index (χ3n) is 3.60. The molecule has 0 bridgehead atoms. The second-order valence-electron chi connectivity index (χ2n) is 5.36. The summed E-state index contributed by atoms with van der Waals surface area (Å²) in [5, 5.41) is 2.48. The number of sulfonamides is 1. The molecule has 3 rings (SSSR count). The maximum absolute atomic E-state index is 12.3. The van der Waals surface area contributed by atoms with Gasteiger partial charge in [-0.1, -0.05) is 24.3 Å². The fourth-order valence-corrected chi connectivity index (χ4v) is 4.32. The Balaban J connectivity index is 1.86. The summed E-state index contributed by atoms with van der Waals surface area (Å²) in [6.45, 7) is 0. The third-order valence-corrected chi connectivity index (χ3v) is 5.92. The highest BCUT2D eigenvalue weighted by molar-refractivity contribution is 8.19. The number of methoxy groups -OCH3 is 2. The van der Waals surface area contributed by atoms with Crippen molar-refractivity contribution in [3.05, 3.63) is 59.0 Å². The van der Waals surface area contributed by atoms with E-state index in [1.54, 1.807) is 42.5 Å². The van der Waals surface area contributed by atoms with Crippen LogP contribution >= 0.6 is 11.8 Å². The Kier molecular flexibility index (Phi) is 5.52. The Hall–Kier alpha value is -2.78. The SMILES string of the molecule is COc1ccc(/C=C2/S/C(=N/S(=O)(=O)c3ccccc3)NC2=O)cc1OC. The molecule has 2 aromatic rings. The van der Waals surface area contributed by atoms with Crippen molar-refractivity contribution in [2.75, 3.05) is 14.2 Å². The molecule has 0 unspecified atom stereocenters. The van der Waals surface area contributed by atoms with E-state index >= 15 is 0 Å². The minimum Gasteiger partial charge on any atom is -0.493 e. The van der Waals surface area contributed by atoms with Crippen LogP contribution in [-0.4, -0.2) is 33.7 Å². The van der Waals surface area contributed by atoms with Crippen LogP contribution in [-0.2, 0) is 14.8 Å². The van der Waals surface area contributed by atoms with E-state index in [1.807, 2.05) is 0 Å². The van der Waals surface area contributed by atoms with Crippen LogP contribution in [0.2, 0.25) is 0 Å². The van der Waals surface area contributed by atoms with Gasteiger partial charge < -0.3 is 9.47 Å². The first kappa shape index (κ1) is 19.0. The smallest absolute Gasteiger partial charge is 0.284 e.